The van der Waals surface area contributed by atoms with Crippen molar-refractivity contribution in [3.8, 4) is 22.8 Å². The molecule has 3 aromatic rings. The second kappa shape index (κ2) is 9.30. The molecule has 0 saturated heterocycles. The molecule has 0 fully saturated rings. The van der Waals surface area contributed by atoms with Crippen molar-refractivity contribution in [1.82, 2.24) is 4.68 Å². The van der Waals surface area contributed by atoms with E-state index in [4.69, 9.17) is 19.6 Å². The minimum atomic E-state index is 0.165. The molecule has 0 saturated carbocycles. The van der Waals surface area contributed by atoms with E-state index in [1.54, 1.807) is 25.6 Å². The van der Waals surface area contributed by atoms with E-state index in [-0.39, 0.29) is 6.04 Å². The monoisotopic (exact) mass is 423 g/mol. The standard InChI is InChI=1S/C24H29N3O2S/c1-15(2)26-24-27(25-13-21-17(4)10-16(3)11-18(21)5)22(14-30-24)20-9-8-19(28-6)12-23(20)29-7/h8-15H,1-7H3. The first-order valence-corrected chi connectivity index (χ1v) is 10.8. The Labute approximate surface area is 182 Å². The van der Waals surface area contributed by atoms with E-state index in [0.29, 0.717) is 0 Å². The number of hydrogen-bond donors (Lipinski definition) is 0. The van der Waals surface area contributed by atoms with Crippen LogP contribution in [0.1, 0.15) is 36.1 Å². The molecule has 2 aromatic carbocycles. The summed E-state index contributed by atoms with van der Waals surface area (Å²) in [5.74, 6) is 1.48. The van der Waals surface area contributed by atoms with E-state index in [1.165, 1.54) is 16.7 Å². The highest BCUT2D eigenvalue weighted by Gasteiger charge is 2.14. The summed E-state index contributed by atoms with van der Waals surface area (Å²) in [6.45, 7) is 10.5. The molecule has 0 aliphatic carbocycles. The summed E-state index contributed by atoms with van der Waals surface area (Å²) in [5, 5.41) is 6.92. The first-order valence-electron chi connectivity index (χ1n) is 9.93. The van der Waals surface area contributed by atoms with Crippen LogP contribution in [0.25, 0.3) is 11.3 Å². The average molecular weight is 424 g/mol. The molecule has 3 rings (SSSR count). The quantitative estimate of drug-likeness (QED) is 0.502. The second-order valence-corrected chi connectivity index (χ2v) is 8.40. The van der Waals surface area contributed by atoms with Gasteiger partial charge >= 0.3 is 0 Å². The van der Waals surface area contributed by atoms with Crippen molar-refractivity contribution < 1.29 is 9.47 Å². The van der Waals surface area contributed by atoms with Crippen molar-refractivity contribution in [1.29, 1.82) is 0 Å². The Kier molecular flexibility index (Phi) is 6.77. The van der Waals surface area contributed by atoms with Crippen LogP contribution in [-0.4, -0.2) is 31.2 Å². The number of hydrogen-bond acceptors (Lipinski definition) is 5. The first-order chi connectivity index (χ1) is 14.3. The van der Waals surface area contributed by atoms with E-state index in [9.17, 15) is 0 Å². The van der Waals surface area contributed by atoms with Gasteiger partial charge in [0.15, 0.2) is 0 Å². The normalized spacial score (nSPS) is 12.2. The predicted octanol–water partition coefficient (Wildman–Crippen LogP) is 5.35. The second-order valence-electron chi connectivity index (χ2n) is 7.56. The lowest BCUT2D eigenvalue weighted by Gasteiger charge is -2.11. The molecule has 0 radical (unpaired) electrons. The smallest absolute Gasteiger partial charge is 0.206 e. The summed E-state index contributed by atoms with van der Waals surface area (Å²) in [5.41, 5.74) is 6.66. The molecule has 0 aliphatic rings. The lowest BCUT2D eigenvalue weighted by Crippen LogP contribution is -2.15. The number of methoxy groups -OCH3 is 2. The summed E-state index contributed by atoms with van der Waals surface area (Å²) in [6, 6.07) is 10.3. The molecule has 0 bridgehead atoms. The zero-order valence-corrected chi connectivity index (χ0v) is 19.5. The number of aromatic nitrogens is 1. The van der Waals surface area contributed by atoms with Gasteiger partial charge in [-0.05, 0) is 57.9 Å². The number of ether oxygens (including phenoxy) is 2. The van der Waals surface area contributed by atoms with Crippen molar-refractivity contribution >= 4 is 17.6 Å². The summed E-state index contributed by atoms with van der Waals surface area (Å²) >= 11 is 1.57. The molecule has 158 valence electrons. The maximum absolute atomic E-state index is 5.63. The van der Waals surface area contributed by atoms with Crippen molar-refractivity contribution in [3.63, 3.8) is 0 Å². The summed E-state index contributed by atoms with van der Waals surface area (Å²) in [6.07, 6.45) is 1.93. The van der Waals surface area contributed by atoms with Gasteiger partial charge in [-0.2, -0.15) is 5.10 Å². The average Bonchev–Trinajstić information content (AvgIpc) is 3.08. The predicted molar refractivity (Wildman–Crippen MR) is 125 cm³/mol. The molecule has 0 atom stereocenters. The minimum absolute atomic E-state index is 0.165. The van der Waals surface area contributed by atoms with Gasteiger partial charge in [0.05, 0.1) is 26.1 Å². The third kappa shape index (κ3) is 4.65. The molecule has 5 nitrogen and oxygen atoms in total. The molecule has 1 aromatic heterocycles. The Morgan fingerprint density at radius 2 is 1.70 bits per heavy atom. The highest BCUT2D eigenvalue weighted by molar-refractivity contribution is 7.07. The van der Waals surface area contributed by atoms with Crippen molar-refractivity contribution in [2.45, 2.75) is 40.7 Å². The molecular formula is C24H29N3O2S. The summed E-state index contributed by atoms with van der Waals surface area (Å²) in [4.78, 5) is 5.61. The number of aryl methyl sites for hydroxylation is 3. The maximum Gasteiger partial charge on any atom is 0.206 e. The lowest BCUT2D eigenvalue weighted by molar-refractivity contribution is 0.395. The Bertz CT molecular complexity index is 1120. The van der Waals surface area contributed by atoms with Gasteiger partial charge in [-0.1, -0.05) is 17.7 Å². The number of nitrogens with zero attached hydrogens (tertiary/aromatic N) is 3. The van der Waals surface area contributed by atoms with E-state index >= 15 is 0 Å². The van der Waals surface area contributed by atoms with E-state index in [1.807, 2.05) is 29.1 Å². The number of thiazole rings is 1. The topological polar surface area (TPSA) is 48.1 Å². The van der Waals surface area contributed by atoms with Crippen molar-refractivity contribution in [2.75, 3.05) is 14.2 Å². The zero-order chi connectivity index (χ0) is 21.8. The molecular weight excluding hydrogens is 394 g/mol. The largest absolute Gasteiger partial charge is 0.497 e. The summed E-state index contributed by atoms with van der Waals surface area (Å²) in [7, 11) is 3.31. The van der Waals surface area contributed by atoms with E-state index in [2.05, 4.69) is 52.1 Å². The van der Waals surface area contributed by atoms with Gasteiger partial charge in [-0.15, -0.1) is 11.3 Å². The number of benzene rings is 2. The Morgan fingerprint density at radius 1 is 1.00 bits per heavy atom. The van der Waals surface area contributed by atoms with Crippen LogP contribution in [0, 0.1) is 20.8 Å². The van der Waals surface area contributed by atoms with Crippen LogP contribution in [0.4, 0.5) is 0 Å². The van der Waals surface area contributed by atoms with Gasteiger partial charge in [0, 0.05) is 28.6 Å². The van der Waals surface area contributed by atoms with Crippen LogP contribution in [0.3, 0.4) is 0 Å². The fraction of sp³-hybridized carbons (Fsp3) is 0.333. The fourth-order valence-electron chi connectivity index (χ4n) is 3.43. The highest BCUT2D eigenvalue weighted by atomic mass is 32.1. The van der Waals surface area contributed by atoms with Gasteiger partial charge in [0.1, 0.15) is 11.5 Å². The highest BCUT2D eigenvalue weighted by Crippen LogP contribution is 2.33. The molecule has 0 N–H and O–H groups in total. The molecule has 0 amide bonds. The fourth-order valence-corrected chi connectivity index (χ4v) is 4.39. The van der Waals surface area contributed by atoms with Gasteiger partial charge in [0.2, 0.25) is 4.80 Å². The Balaban J connectivity index is 2.18. The van der Waals surface area contributed by atoms with Crippen LogP contribution in [-0.2, 0) is 0 Å². The molecule has 1 heterocycles. The minimum Gasteiger partial charge on any atom is -0.497 e. The van der Waals surface area contributed by atoms with E-state index in [0.717, 1.165) is 33.1 Å². The Hall–Kier alpha value is -2.86. The van der Waals surface area contributed by atoms with Crippen molar-refractivity contribution in [2.24, 2.45) is 10.1 Å². The van der Waals surface area contributed by atoms with Gasteiger partial charge in [-0.25, -0.2) is 4.68 Å². The summed E-state index contributed by atoms with van der Waals surface area (Å²) < 4.78 is 12.9. The van der Waals surface area contributed by atoms with Crippen LogP contribution in [0.15, 0.2) is 45.8 Å². The lowest BCUT2D eigenvalue weighted by atomic mass is 10.0. The first kappa shape index (κ1) is 21.8. The number of rotatable bonds is 6. The van der Waals surface area contributed by atoms with Crippen LogP contribution < -0.4 is 14.3 Å². The van der Waals surface area contributed by atoms with E-state index < -0.39 is 0 Å². The SMILES string of the molecule is COc1ccc(-c2csc(=NC(C)C)n2N=Cc2c(C)cc(C)cc2C)c(OC)c1. The third-order valence-electron chi connectivity index (χ3n) is 4.78. The van der Waals surface area contributed by atoms with Gasteiger partial charge in [0.25, 0.3) is 0 Å². The molecule has 0 spiro atoms. The van der Waals surface area contributed by atoms with Crippen molar-refractivity contribution in [3.05, 3.63) is 62.8 Å². The molecule has 6 heteroatoms. The van der Waals surface area contributed by atoms with Gasteiger partial charge in [-0.3, -0.25) is 4.99 Å². The molecule has 0 aliphatic heterocycles. The van der Waals surface area contributed by atoms with Crippen LogP contribution >= 0.6 is 11.3 Å². The van der Waals surface area contributed by atoms with Gasteiger partial charge < -0.3 is 9.47 Å². The Morgan fingerprint density at radius 3 is 2.30 bits per heavy atom. The molecule has 0 unspecified atom stereocenters. The zero-order valence-electron chi connectivity index (χ0n) is 18.7. The van der Waals surface area contributed by atoms with Crippen LogP contribution in [0.2, 0.25) is 0 Å². The maximum atomic E-state index is 5.63. The third-order valence-corrected chi connectivity index (χ3v) is 5.61. The molecule has 30 heavy (non-hydrogen) atoms. The van der Waals surface area contributed by atoms with Crippen LogP contribution in [0.5, 0.6) is 11.5 Å².